The van der Waals surface area contributed by atoms with E-state index < -0.39 is 34.4 Å². The quantitative estimate of drug-likeness (QED) is 0.821. The van der Waals surface area contributed by atoms with Crippen LogP contribution in [0.1, 0.15) is 13.8 Å². The van der Waals surface area contributed by atoms with E-state index in [1.165, 1.54) is 13.0 Å². The van der Waals surface area contributed by atoms with Gasteiger partial charge in [-0.3, -0.25) is 9.59 Å². The topological polar surface area (TPSA) is 55.4 Å². The van der Waals surface area contributed by atoms with Gasteiger partial charge in [-0.2, -0.15) is 0 Å². The van der Waals surface area contributed by atoms with Gasteiger partial charge in [0.1, 0.15) is 17.3 Å². The van der Waals surface area contributed by atoms with Gasteiger partial charge in [-0.25, -0.2) is 8.78 Å². The molecule has 0 unspecified atom stereocenters. The van der Waals surface area contributed by atoms with E-state index >= 15 is 0 Å². The zero-order chi connectivity index (χ0) is 15.1. The van der Waals surface area contributed by atoms with Crippen LogP contribution >= 0.6 is 11.8 Å². The molecule has 0 aliphatic rings. The smallest absolute Gasteiger partial charge is 0.315 e. The van der Waals surface area contributed by atoms with Gasteiger partial charge in [-0.1, -0.05) is 6.07 Å². The maximum atomic E-state index is 13.4. The van der Waals surface area contributed by atoms with Crippen LogP contribution in [0.15, 0.2) is 18.2 Å². The molecule has 0 spiro atoms. The van der Waals surface area contributed by atoms with Crippen molar-refractivity contribution in [1.29, 1.82) is 0 Å². The van der Waals surface area contributed by atoms with Gasteiger partial charge in [-0.15, -0.1) is 11.8 Å². The monoisotopic (exact) mass is 303 g/mol. The first kappa shape index (κ1) is 16.4. The lowest BCUT2D eigenvalue weighted by Crippen LogP contribution is -2.25. The van der Waals surface area contributed by atoms with Crippen LogP contribution in [-0.2, 0) is 14.3 Å². The summed E-state index contributed by atoms with van der Waals surface area (Å²) in [5.74, 6) is -2.71. The first-order chi connectivity index (χ1) is 9.45. The largest absolute Gasteiger partial charge is 0.465 e. The third kappa shape index (κ3) is 4.80. The van der Waals surface area contributed by atoms with Gasteiger partial charge < -0.3 is 10.1 Å². The molecule has 20 heavy (non-hydrogen) atoms. The number of carbonyl (C=O) groups is 2. The lowest BCUT2D eigenvalue weighted by molar-refractivity contribution is -0.139. The van der Waals surface area contributed by atoms with Crippen molar-refractivity contribution in [2.75, 3.05) is 17.7 Å². The number of hydrogen-bond acceptors (Lipinski definition) is 4. The molecule has 1 rings (SSSR count). The Morgan fingerprint density at radius 3 is 2.50 bits per heavy atom. The average Bonchev–Trinajstić information content (AvgIpc) is 2.40. The molecule has 110 valence electrons. The van der Waals surface area contributed by atoms with Gasteiger partial charge in [-0.05, 0) is 26.0 Å². The second-order valence-electron chi connectivity index (χ2n) is 3.84. The highest BCUT2D eigenvalue weighted by Gasteiger charge is 2.18. The van der Waals surface area contributed by atoms with Crippen molar-refractivity contribution in [1.82, 2.24) is 0 Å². The number of anilines is 1. The Bertz CT molecular complexity index is 476. The molecule has 0 aliphatic heterocycles. The maximum absolute atomic E-state index is 13.4. The Morgan fingerprint density at radius 2 is 1.95 bits per heavy atom. The summed E-state index contributed by atoms with van der Waals surface area (Å²) in [6, 6.07) is 3.31. The Balaban J connectivity index is 2.56. The number of esters is 1. The summed E-state index contributed by atoms with van der Waals surface area (Å²) in [5.41, 5.74) is -0.485. The van der Waals surface area contributed by atoms with Gasteiger partial charge in [0.15, 0.2) is 0 Å². The van der Waals surface area contributed by atoms with E-state index in [2.05, 4.69) is 5.32 Å². The Labute approximate surface area is 119 Å². The summed E-state index contributed by atoms with van der Waals surface area (Å²) in [5, 5.41) is 1.53. The normalized spacial score (nSPS) is 11.8. The summed E-state index contributed by atoms with van der Waals surface area (Å²) < 4.78 is 31.4. The molecule has 1 amide bonds. The molecule has 7 heteroatoms. The first-order valence-corrected chi connectivity index (χ1v) is 7.02. The lowest BCUT2D eigenvalue weighted by atomic mass is 10.3. The van der Waals surface area contributed by atoms with Crippen LogP contribution in [0.2, 0.25) is 0 Å². The molecule has 0 radical (unpaired) electrons. The summed E-state index contributed by atoms with van der Waals surface area (Å²) in [6.45, 7) is 3.48. The summed E-state index contributed by atoms with van der Waals surface area (Å²) in [6.07, 6.45) is 0. The van der Waals surface area contributed by atoms with Crippen LogP contribution in [0, 0.1) is 11.6 Å². The van der Waals surface area contributed by atoms with Gasteiger partial charge in [0.2, 0.25) is 5.91 Å². The molecule has 1 aromatic carbocycles. The van der Waals surface area contributed by atoms with Crippen LogP contribution in [0.4, 0.5) is 14.5 Å². The number of nitrogens with one attached hydrogen (secondary N) is 1. The number of para-hydroxylation sites is 1. The minimum atomic E-state index is -0.846. The fraction of sp³-hybridized carbons (Fsp3) is 0.385. The molecule has 0 saturated heterocycles. The summed E-state index contributed by atoms with van der Waals surface area (Å²) >= 11 is 1.03. The Hall–Kier alpha value is -1.63. The molecule has 0 fully saturated rings. The standard InChI is InChI=1S/C13H15F2NO3S/c1-3-19-11(17)7-20-8(2)13(18)16-12-9(14)5-4-6-10(12)15/h4-6,8H,3,7H2,1-2H3,(H,16,18)/t8-/m0/s1. The minimum absolute atomic E-state index is 0.00216. The molecular weight excluding hydrogens is 288 g/mol. The highest BCUT2D eigenvalue weighted by atomic mass is 32.2. The van der Waals surface area contributed by atoms with Crippen LogP contribution in [0.3, 0.4) is 0 Å². The molecule has 0 bridgehead atoms. The van der Waals surface area contributed by atoms with Crippen LogP contribution in [0.5, 0.6) is 0 Å². The van der Waals surface area contributed by atoms with E-state index in [9.17, 15) is 18.4 Å². The molecule has 4 nitrogen and oxygen atoms in total. The molecule has 0 aromatic heterocycles. The summed E-state index contributed by atoms with van der Waals surface area (Å²) in [7, 11) is 0. The molecule has 0 heterocycles. The molecule has 1 aromatic rings. The van der Waals surface area contributed by atoms with Gasteiger partial charge >= 0.3 is 5.97 Å². The third-order valence-corrected chi connectivity index (χ3v) is 3.45. The predicted molar refractivity (Wildman–Crippen MR) is 73.5 cm³/mol. The fourth-order valence-electron chi connectivity index (χ4n) is 1.31. The number of thioether (sulfide) groups is 1. The van der Waals surface area contributed by atoms with Crippen molar-refractivity contribution in [2.45, 2.75) is 19.1 Å². The molecule has 1 N–H and O–H groups in total. The van der Waals surface area contributed by atoms with Gasteiger partial charge in [0.25, 0.3) is 0 Å². The number of benzene rings is 1. The van der Waals surface area contributed by atoms with Gasteiger partial charge in [0, 0.05) is 0 Å². The van der Waals surface area contributed by atoms with E-state index in [0.717, 1.165) is 23.9 Å². The zero-order valence-electron chi connectivity index (χ0n) is 11.1. The van der Waals surface area contributed by atoms with Crippen molar-refractivity contribution in [3.63, 3.8) is 0 Å². The Morgan fingerprint density at radius 1 is 1.35 bits per heavy atom. The third-order valence-electron chi connectivity index (χ3n) is 2.34. The number of amides is 1. The SMILES string of the molecule is CCOC(=O)CS[C@@H](C)C(=O)Nc1c(F)cccc1F. The number of carbonyl (C=O) groups excluding carboxylic acids is 2. The number of hydrogen-bond donors (Lipinski definition) is 1. The van der Waals surface area contributed by atoms with E-state index in [0.29, 0.717) is 0 Å². The van der Waals surface area contributed by atoms with E-state index in [1.807, 2.05) is 0 Å². The first-order valence-electron chi connectivity index (χ1n) is 5.97. The van der Waals surface area contributed by atoms with Crippen molar-refractivity contribution < 1.29 is 23.1 Å². The van der Waals surface area contributed by atoms with Crippen molar-refractivity contribution in [3.05, 3.63) is 29.8 Å². The van der Waals surface area contributed by atoms with Crippen LogP contribution < -0.4 is 5.32 Å². The van der Waals surface area contributed by atoms with Gasteiger partial charge in [0.05, 0.1) is 17.6 Å². The number of halogens is 2. The van der Waals surface area contributed by atoms with Crippen molar-refractivity contribution >= 4 is 29.3 Å². The second-order valence-corrected chi connectivity index (χ2v) is 5.17. The zero-order valence-corrected chi connectivity index (χ0v) is 11.9. The molecular formula is C13H15F2NO3S. The predicted octanol–water partition coefficient (Wildman–Crippen LogP) is 2.59. The average molecular weight is 303 g/mol. The van der Waals surface area contributed by atoms with E-state index in [4.69, 9.17) is 4.74 Å². The maximum Gasteiger partial charge on any atom is 0.315 e. The number of rotatable bonds is 6. The highest BCUT2D eigenvalue weighted by Crippen LogP contribution is 2.20. The van der Waals surface area contributed by atoms with Crippen molar-refractivity contribution in [3.8, 4) is 0 Å². The van der Waals surface area contributed by atoms with E-state index in [-0.39, 0.29) is 12.4 Å². The van der Waals surface area contributed by atoms with Crippen LogP contribution in [0.25, 0.3) is 0 Å². The van der Waals surface area contributed by atoms with E-state index in [1.54, 1.807) is 6.92 Å². The molecule has 1 atom stereocenters. The minimum Gasteiger partial charge on any atom is -0.465 e. The lowest BCUT2D eigenvalue weighted by Gasteiger charge is -2.12. The molecule has 0 aliphatic carbocycles. The second kappa shape index (κ2) is 7.84. The molecule has 0 saturated carbocycles. The Kier molecular flexibility index (Phi) is 6.44. The fourth-order valence-corrected chi connectivity index (χ4v) is 1.99. The number of ether oxygens (including phenoxy) is 1. The summed E-state index contributed by atoms with van der Waals surface area (Å²) in [4.78, 5) is 22.9. The van der Waals surface area contributed by atoms with Crippen LogP contribution in [-0.4, -0.2) is 29.5 Å². The van der Waals surface area contributed by atoms with Crippen molar-refractivity contribution in [2.24, 2.45) is 0 Å². The highest BCUT2D eigenvalue weighted by molar-refractivity contribution is 8.01.